The van der Waals surface area contributed by atoms with Crippen LogP contribution < -0.4 is 5.73 Å². The van der Waals surface area contributed by atoms with Crippen molar-refractivity contribution in [3.05, 3.63) is 35.9 Å². The van der Waals surface area contributed by atoms with Crippen molar-refractivity contribution in [3.63, 3.8) is 0 Å². The Balaban J connectivity index is 1.82. The lowest BCUT2D eigenvalue weighted by Crippen LogP contribution is -2.26. The first-order chi connectivity index (χ1) is 8.31. The summed E-state index contributed by atoms with van der Waals surface area (Å²) in [5.41, 5.74) is 6.61. The van der Waals surface area contributed by atoms with Gasteiger partial charge in [0.25, 0.3) is 0 Å². The molecule has 0 spiro atoms. The molecule has 3 N–H and O–H groups in total. The fourth-order valence-electron chi connectivity index (χ4n) is 2.48. The number of aliphatic hydroxyl groups excluding tert-OH is 1. The van der Waals surface area contributed by atoms with Crippen LogP contribution in [0.5, 0.6) is 0 Å². The highest BCUT2D eigenvalue weighted by molar-refractivity contribution is 5.17. The normalized spacial score (nSPS) is 26.0. The largest absolute Gasteiger partial charge is 0.386 e. The van der Waals surface area contributed by atoms with E-state index in [0.29, 0.717) is 19.1 Å². The zero-order valence-corrected chi connectivity index (χ0v) is 10.1. The van der Waals surface area contributed by atoms with Crippen LogP contribution >= 0.6 is 0 Å². The molecule has 0 saturated heterocycles. The van der Waals surface area contributed by atoms with Gasteiger partial charge < -0.3 is 15.6 Å². The molecular formula is C14H21NO2. The number of hydrogen-bond donors (Lipinski definition) is 2. The summed E-state index contributed by atoms with van der Waals surface area (Å²) in [4.78, 5) is 0. The van der Waals surface area contributed by atoms with Crippen LogP contribution in [0, 0.1) is 5.92 Å². The smallest absolute Gasteiger partial charge is 0.102 e. The molecule has 0 bridgehead atoms. The zero-order chi connectivity index (χ0) is 12.1. The fourth-order valence-corrected chi connectivity index (χ4v) is 2.48. The summed E-state index contributed by atoms with van der Waals surface area (Å²) < 4.78 is 5.79. The zero-order valence-electron chi connectivity index (χ0n) is 10.1. The van der Waals surface area contributed by atoms with Gasteiger partial charge >= 0.3 is 0 Å². The minimum absolute atomic E-state index is 0.235. The van der Waals surface area contributed by atoms with Gasteiger partial charge in [0.2, 0.25) is 0 Å². The number of nitrogens with two attached hydrogens (primary N) is 1. The first-order valence-electron chi connectivity index (χ1n) is 6.36. The Kier molecular flexibility index (Phi) is 4.54. The van der Waals surface area contributed by atoms with Crippen molar-refractivity contribution in [2.75, 3.05) is 13.2 Å². The van der Waals surface area contributed by atoms with E-state index < -0.39 is 6.10 Å². The average Bonchev–Trinajstić information content (AvgIpc) is 2.84. The topological polar surface area (TPSA) is 55.5 Å². The van der Waals surface area contributed by atoms with Gasteiger partial charge in [-0.2, -0.15) is 0 Å². The van der Waals surface area contributed by atoms with Crippen molar-refractivity contribution in [2.45, 2.75) is 31.5 Å². The molecule has 1 aliphatic rings. The molecule has 0 radical (unpaired) electrons. The van der Waals surface area contributed by atoms with Gasteiger partial charge in [-0.1, -0.05) is 36.8 Å². The third-order valence-electron chi connectivity index (χ3n) is 3.54. The van der Waals surface area contributed by atoms with E-state index in [4.69, 9.17) is 10.5 Å². The molecule has 0 aliphatic heterocycles. The molecule has 1 saturated carbocycles. The predicted octanol–water partition coefficient (Wildman–Crippen LogP) is 1.86. The maximum absolute atomic E-state index is 9.98. The molecule has 1 aliphatic carbocycles. The van der Waals surface area contributed by atoms with Crippen LogP contribution in [-0.2, 0) is 4.74 Å². The van der Waals surface area contributed by atoms with Crippen LogP contribution in [0.15, 0.2) is 30.3 Å². The summed E-state index contributed by atoms with van der Waals surface area (Å²) in [6.45, 7) is 1.05. The highest BCUT2D eigenvalue weighted by atomic mass is 16.5. The van der Waals surface area contributed by atoms with Crippen molar-refractivity contribution in [1.29, 1.82) is 0 Å². The van der Waals surface area contributed by atoms with E-state index in [1.807, 2.05) is 30.3 Å². The minimum atomic E-state index is -0.532. The molecule has 1 aromatic rings. The Morgan fingerprint density at radius 3 is 2.76 bits per heavy atom. The second kappa shape index (κ2) is 6.15. The summed E-state index contributed by atoms with van der Waals surface area (Å²) in [5, 5.41) is 9.98. The standard InChI is InChI=1S/C14H21NO2/c15-9-12-7-4-8-14(12)17-10-13(16)11-5-2-1-3-6-11/h1-3,5-6,12-14,16H,4,7-10,15H2. The Labute approximate surface area is 103 Å². The maximum atomic E-state index is 9.98. The lowest BCUT2D eigenvalue weighted by molar-refractivity contribution is -0.0241. The third kappa shape index (κ3) is 3.28. The van der Waals surface area contributed by atoms with E-state index in [2.05, 4.69) is 0 Å². The van der Waals surface area contributed by atoms with Crippen LogP contribution in [0.3, 0.4) is 0 Å². The molecule has 3 heteroatoms. The molecule has 3 unspecified atom stereocenters. The molecule has 17 heavy (non-hydrogen) atoms. The van der Waals surface area contributed by atoms with Gasteiger partial charge in [-0.15, -0.1) is 0 Å². The quantitative estimate of drug-likeness (QED) is 0.819. The van der Waals surface area contributed by atoms with Crippen molar-refractivity contribution < 1.29 is 9.84 Å². The lowest BCUT2D eigenvalue weighted by Gasteiger charge is -2.20. The second-order valence-electron chi connectivity index (χ2n) is 4.72. The average molecular weight is 235 g/mol. The number of ether oxygens (including phenoxy) is 1. The van der Waals surface area contributed by atoms with E-state index >= 15 is 0 Å². The molecule has 0 aromatic heterocycles. The minimum Gasteiger partial charge on any atom is -0.386 e. The highest BCUT2D eigenvalue weighted by Gasteiger charge is 2.27. The Bertz CT molecular complexity index is 328. The predicted molar refractivity (Wildman–Crippen MR) is 67.5 cm³/mol. The molecule has 2 rings (SSSR count). The van der Waals surface area contributed by atoms with E-state index in [1.165, 1.54) is 6.42 Å². The number of hydrogen-bond acceptors (Lipinski definition) is 3. The molecule has 94 valence electrons. The Morgan fingerprint density at radius 1 is 1.29 bits per heavy atom. The van der Waals surface area contributed by atoms with Gasteiger partial charge in [-0.05, 0) is 30.9 Å². The van der Waals surface area contributed by atoms with Gasteiger partial charge in [0.15, 0.2) is 0 Å². The van der Waals surface area contributed by atoms with Gasteiger partial charge in [0.1, 0.15) is 6.10 Å². The number of benzene rings is 1. The number of aliphatic hydroxyl groups is 1. The van der Waals surface area contributed by atoms with Crippen LogP contribution in [0.4, 0.5) is 0 Å². The van der Waals surface area contributed by atoms with Gasteiger partial charge in [-0.3, -0.25) is 0 Å². The van der Waals surface area contributed by atoms with Crippen LogP contribution in [0.1, 0.15) is 30.9 Å². The Hall–Kier alpha value is -0.900. The van der Waals surface area contributed by atoms with E-state index in [0.717, 1.165) is 18.4 Å². The van der Waals surface area contributed by atoms with Crippen molar-refractivity contribution in [1.82, 2.24) is 0 Å². The van der Waals surface area contributed by atoms with E-state index in [-0.39, 0.29) is 6.10 Å². The molecule has 3 atom stereocenters. The molecule has 3 nitrogen and oxygen atoms in total. The molecule has 0 amide bonds. The van der Waals surface area contributed by atoms with Crippen LogP contribution in [0.2, 0.25) is 0 Å². The van der Waals surface area contributed by atoms with Crippen LogP contribution in [-0.4, -0.2) is 24.4 Å². The number of rotatable bonds is 5. The molecule has 1 fully saturated rings. The van der Waals surface area contributed by atoms with Crippen molar-refractivity contribution in [2.24, 2.45) is 11.7 Å². The second-order valence-corrected chi connectivity index (χ2v) is 4.72. The van der Waals surface area contributed by atoms with Crippen molar-refractivity contribution in [3.8, 4) is 0 Å². The first kappa shape index (κ1) is 12.6. The third-order valence-corrected chi connectivity index (χ3v) is 3.54. The molecule has 1 aromatic carbocycles. The summed E-state index contributed by atoms with van der Waals surface area (Å²) >= 11 is 0. The van der Waals surface area contributed by atoms with Crippen molar-refractivity contribution >= 4 is 0 Å². The summed E-state index contributed by atoms with van der Waals surface area (Å²) in [6.07, 6.45) is 3.12. The van der Waals surface area contributed by atoms with Crippen LogP contribution in [0.25, 0.3) is 0 Å². The molecule has 0 heterocycles. The first-order valence-corrected chi connectivity index (χ1v) is 6.36. The van der Waals surface area contributed by atoms with Gasteiger partial charge in [0.05, 0.1) is 12.7 Å². The summed E-state index contributed by atoms with van der Waals surface area (Å²) in [6, 6.07) is 9.64. The van der Waals surface area contributed by atoms with E-state index in [9.17, 15) is 5.11 Å². The summed E-state index contributed by atoms with van der Waals surface area (Å²) in [7, 11) is 0. The highest BCUT2D eigenvalue weighted by Crippen LogP contribution is 2.28. The maximum Gasteiger partial charge on any atom is 0.102 e. The van der Waals surface area contributed by atoms with Gasteiger partial charge in [-0.25, -0.2) is 0 Å². The van der Waals surface area contributed by atoms with E-state index in [1.54, 1.807) is 0 Å². The monoisotopic (exact) mass is 235 g/mol. The van der Waals surface area contributed by atoms with Gasteiger partial charge in [0, 0.05) is 0 Å². The fraction of sp³-hybridized carbons (Fsp3) is 0.571. The SMILES string of the molecule is NCC1CCCC1OCC(O)c1ccccc1. The Morgan fingerprint density at radius 2 is 2.06 bits per heavy atom. The lowest BCUT2D eigenvalue weighted by atomic mass is 10.1. The molecular weight excluding hydrogens is 214 g/mol. The summed E-state index contributed by atoms with van der Waals surface area (Å²) in [5.74, 6) is 0.470.